The fraction of sp³-hybridized carbons (Fsp3) is 0.533. The van der Waals surface area contributed by atoms with Crippen molar-refractivity contribution in [3.8, 4) is 5.75 Å². The quantitative estimate of drug-likeness (QED) is 0.825. The molecule has 0 spiro atoms. The third kappa shape index (κ3) is 3.65. The number of piperazine rings is 1. The number of hydrogen-bond acceptors (Lipinski definition) is 5. The van der Waals surface area contributed by atoms with E-state index in [2.05, 4.69) is 0 Å². The number of carbonyl (C=O) groups is 1. The molecule has 7 nitrogen and oxygen atoms in total. The van der Waals surface area contributed by atoms with Gasteiger partial charge in [0.05, 0.1) is 13.2 Å². The molecule has 1 heterocycles. The van der Waals surface area contributed by atoms with Crippen LogP contribution in [0.4, 0.5) is 0 Å². The maximum atomic E-state index is 12.9. The van der Waals surface area contributed by atoms with E-state index < -0.39 is 22.0 Å². The molecule has 0 bridgehead atoms. The van der Waals surface area contributed by atoms with Gasteiger partial charge >= 0.3 is 0 Å². The van der Waals surface area contributed by atoms with E-state index in [9.17, 15) is 13.2 Å². The van der Waals surface area contributed by atoms with Gasteiger partial charge in [-0.05, 0) is 31.5 Å². The largest absolute Gasteiger partial charge is 0.495 e. The molecule has 23 heavy (non-hydrogen) atoms. The van der Waals surface area contributed by atoms with Crippen molar-refractivity contribution < 1.29 is 17.9 Å². The summed E-state index contributed by atoms with van der Waals surface area (Å²) in [4.78, 5) is 13.3. The SMILES string of the molecule is COc1ccc(C)cc1S(=O)(=O)N1CCN(C(C)C(N)=O)CC1. The minimum Gasteiger partial charge on any atom is -0.495 e. The summed E-state index contributed by atoms with van der Waals surface area (Å²) in [5.41, 5.74) is 6.16. The van der Waals surface area contributed by atoms with E-state index in [1.54, 1.807) is 19.1 Å². The summed E-state index contributed by atoms with van der Waals surface area (Å²) in [5, 5.41) is 0. The van der Waals surface area contributed by atoms with Crippen LogP contribution in [-0.2, 0) is 14.8 Å². The monoisotopic (exact) mass is 341 g/mol. The fourth-order valence-corrected chi connectivity index (χ4v) is 4.30. The Labute approximate surface area is 137 Å². The zero-order chi connectivity index (χ0) is 17.2. The normalized spacial score (nSPS) is 18.6. The van der Waals surface area contributed by atoms with Gasteiger partial charge in [-0.15, -0.1) is 0 Å². The van der Waals surface area contributed by atoms with Gasteiger partial charge < -0.3 is 10.5 Å². The Hall–Kier alpha value is -1.64. The van der Waals surface area contributed by atoms with Crippen LogP contribution in [0.1, 0.15) is 12.5 Å². The number of benzene rings is 1. The molecule has 1 aliphatic heterocycles. The Morgan fingerprint density at radius 2 is 1.87 bits per heavy atom. The number of rotatable bonds is 5. The molecule has 8 heteroatoms. The van der Waals surface area contributed by atoms with Crippen LogP contribution in [-0.4, -0.2) is 62.9 Å². The van der Waals surface area contributed by atoms with Gasteiger partial charge in [0.2, 0.25) is 15.9 Å². The average molecular weight is 341 g/mol. The Morgan fingerprint density at radius 3 is 2.39 bits per heavy atom. The number of carbonyl (C=O) groups excluding carboxylic acids is 1. The number of nitrogens with two attached hydrogens (primary N) is 1. The van der Waals surface area contributed by atoms with E-state index in [1.807, 2.05) is 17.9 Å². The molecule has 1 aliphatic rings. The van der Waals surface area contributed by atoms with Gasteiger partial charge in [-0.25, -0.2) is 8.42 Å². The van der Waals surface area contributed by atoms with Gasteiger partial charge in [-0.1, -0.05) is 6.07 Å². The van der Waals surface area contributed by atoms with Gasteiger partial charge in [0.1, 0.15) is 10.6 Å². The highest BCUT2D eigenvalue weighted by atomic mass is 32.2. The van der Waals surface area contributed by atoms with Gasteiger partial charge in [0.15, 0.2) is 0 Å². The first-order chi connectivity index (χ1) is 10.8. The van der Waals surface area contributed by atoms with Crippen molar-refractivity contribution in [3.05, 3.63) is 23.8 Å². The number of sulfonamides is 1. The second-order valence-corrected chi connectivity index (χ2v) is 7.58. The smallest absolute Gasteiger partial charge is 0.246 e. The number of ether oxygens (including phenoxy) is 1. The minimum atomic E-state index is -3.63. The Kier molecular flexibility index (Phi) is 5.28. The molecule has 1 fully saturated rings. The van der Waals surface area contributed by atoms with Crippen LogP contribution < -0.4 is 10.5 Å². The standard InChI is InChI=1S/C15H23N3O4S/c1-11-4-5-13(22-3)14(10-11)23(20,21)18-8-6-17(7-9-18)12(2)15(16)19/h4-5,10,12H,6-9H2,1-3H3,(H2,16,19). The lowest BCUT2D eigenvalue weighted by molar-refractivity contribution is -0.123. The van der Waals surface area contributed by atoms with Gasteiger partial charge in [-0.3, -0.25) is 9.69 Å². The van der Waals surface area contributed by atoms with Crippen LogP contribution in [0.3, 0.4) is 0 Å². The fourth-order valence-electron chi connectivity index (χ4n) is 2.64. The van der Waals surface area contributed by atoms with Crippen LogP contribution in [0.5, 0.6) is 5.75 Å². The van der Waals surface area contributed by atoms with Crippen LogP contribution in [0.15, 0.2) is 23.1 Å². The zero-order valence-electron chi connectivity index (χ0n) is 13.7. The molecule has 0 aromatic heterocycles. The first-order valence-electron chi connectivity index (χ1n) is 7.45. The van der Waals surface area contributed by atoms with Crippen molar-refractivity contribution in [1.82, 2.24) is 9.21 Å². The Morgan fingerprint density at radius 1 is 1.26 bits per heavy atom. The molecule has 0 radical (unpaired) electrons. The van der Waals surface area contributed by atoms with E-state index in [0.29, 0.717) is 31.9 Å². The lowest BCUT2D eigenvalue weighted by Gasteiger charge is -2.36. The first kappa shape index (κ1) is 17.7. The molecule has 1 aromatic carbocycles. The van der Waals surface area contributed by atoms with Crippen molar-refractivity contribution in [1.29, 1.82) is 0 Å². The summed E-state index contributed by atoms with van der Waals surface area (Å²) in [6.45, 7) is 5.14. The van der Waals surface area contributed by atoms with Crippen molar-refractivity contribution >= 4 is 15.9 Å². The molecule has 0 aliphatic carbocycles. The molecule has 1 aromatic rings. The number of aryl methyl sites for hydroxylation is 1. The summed E-state index contributed by atoms with van der Waals surface area (Å²) in [6.07, 6.45) is 0. The highest BCUT2D eigenvalue weighted by Gasteiger charge is 2.32. The van der Waals surface area contributed by atoms with Crippen LogP contribution in [0.25, 0.3) is 0 Å². The highest BCUT2D eigenvalue weighted by molar-refractivity contribution is 7.89. The third-order valence-electron chi connectivity index (χ3n) is 4.17. The molecular formula is C15H23N3O4S. The summed E-state index contributed by atoms with van der Waals surface area (Å²) in [6, 6.07) is 4.69. The van der Waals surface area contributed by atoms with Crippen molar-refractivity contribution in [2.45, 2.75) is 24.8 Å². The Balaban J connectivity index is 2.20. The number of nitrogens with zero attached hydrogens (tertiary/aromatic N) is 2. The molecule has 1 amide bonds. The van der Waals surface area contributed by atoms with Crippen LogP contribution >= 0.6 is 0 Å². The minimum absolute atomic E-state index is 0.177. The molecule has 1 unspecified atom stereocenters. The topological polar surface area (TPSA) is 92.9 Å². The highest BCUT2D eigenvalue weighted by Crippen LogP contribution is 2.28. The van der Waals surface area contributed by atoms with Crippen molar-refractivity contribution in [3.63, 3.8) is 0 Å². The van der Waals surface area contributed by atoms with Gasteiger partial charge in [0, 0.05) is 26.2 Å². The van der Waals surface area contributed by atoms with Gasteiger partial charge in [-0.2, -0.15) is 4.31 Å². The number of hydrogen-bond donors (Lipinski definition) is 1. The van der Waals surface area contributed by atoms with E-state index in [-0.39, 0.29) is 4.90 Å². The number of methoxy groups -OCH3 is 1. The maximum absolute atomic E-state index is 12.9. The number of primary amides is 1. The predicted octanol–water partition coefficient (Wildman–Crippen LogP) is 0.184. The maximum Gasteiger partial charge on any atom is 0.246 e. The average Bonchev–Trinajstić information content (AvgIpc) is 2.54. The number of amides is 1. The van der Waals surface area contributed by atoms with Crippen LogP contribution in [0, 0.1) is 6.92 Å². The van der Waals surface area contributed by atoms with Crippen molar-refractivity contribution in [2.24, 2.45) is 5.73 Å². The van der Waals surface area contributed by atoms with E-state index in [4.69, 9.17) is 10.5 Å². The molecule has 2 rings (SSSR count). The van der Waals surface area contributed by atoms with Gasteiger partial charge in [0.25, 0.3) is 0 Å². The van der Waals surface area contributed by atoms with E-state index >= 15 is 0 Å². The zero-order valence-corrected chi connectivity index (χ0v) is 14.5. The Bertz CT molecular complexity index is 682. The van der Waals surface area contributed by atoms with E-state index in [1.165, 1.54) is 11.4 Å². The predicted molar refractivity (Wildman–Crippen MR) is 86.7 cm³/mol. The van der Waals surface area contributed by atoms with E-state index in [0.717, 1.165) is 5.56 Å². The summed E-state index contributed by atoms with van der Waals surface area (Å²) in [5.74, 6) is -0.0646. The van der Waals surface area contributed by atoms with Crippen LogP contribution in [0.2, 0.25) is 0 Å². The lowest BCUT2D eigenvalue weighted by Crippen LogP contribution is -2.54. The third-order valence-corrected chi connectivity index (χ3v) is 6.09. The molecule has 2 N–H and O–H groups in total. The summed E-state index contributed by atoms with van der Waals surface area (Å²) >= 11 is 0. The van der Waals surface area contributed by atoms with Crippen molar-refractivity contribution in [2.75, 3.05) is 33.3 Å². The molecule has 1 atom stereocenters. The lowest BCUT2D eigenvalue weighted by atomic mass is 10.2. The first-order valence-corrected chi connectivity index (χ1v) is 8.89. The summed E-state index contributed by atoms with van der Waals surface area (Å²) in [7, 11) is -2.18. The molecule has 0 saturated carbocycles. The molecule has 128 valence electrons. The molecular weight excluding hydrogens is 318 g/mol. The summed E-state index contributed by atoms with van der Waals surface area (Å²) < 4.78 is 32.3. The second kappa shape index (κ2) is 6.86. The second-order valence-electron chi connectivity index (χ2n) is 5.67. The molecule has 1 saturated heterocycles.